The van der Waals surface area contributed by atoms with Crippen LogP contribution in [-0.2, 0) is 19.1 Å². The first-order valence-electron chi connectivity index (χ1n) is 13.0. The van der Waals surface area contributed by atoms with Gasteiger partial charge < -0.3 is 26.4 Å². The van der Waals surface area contributed by atoms with Crippen LogP contribution in [0.3, 0.4) is 0 Å². The smallest absolute Gasteiger partial charge is 0.323 e. The molecule has 194 valence electrons. The Morgan fingerprint density at radius 3 is 2.71 bits per heavy atom. The minimum absolute atomic E-state index is 0.0134. The molecule has 0 bridgehead atoms. The number of aliphatic hydroxyl groups is 2. The van der Waals surface area contributed by atoms with Gasteiger partial charge >= 0.3 is 5.97 Å². The predicted molar refractivity (Wildman–Crippen MR) is 130 cm³/mol. The van der Waals surface area contributed by atoms with Gasteiger partial charge in [0.05, 0.1) is 6.10 Å². The van der Waals surface area contributed by atoms with E-state index in [1.165, 1.54) is 0 Å². The maximum Gasteiger partial charge on any atom is 0.323 e. The van der Waals surface area contributed by atoms with Gasteiger partial charge in [0.15, 0.2) is 12.4 Å². The van der Waals surface area contributed by atoms with Crippen LogP contribution < -0.4 is 11.5 Å². The van der Waals surface area contributed by atoms with E-state index in [4.69, 9.17) is 16.2 Å². The van der Waals surface area contributed by atoms with Crippen LogP contribution in [0.4, 0.5) is 0 Å². The van der Waals surface area contributed by atoms with Crippen molar-refractivity contribution in [1.82, 2.24) is 0 Å². The van der Waals surface area contributed by atoms with Crippen LogP contribution in [0, 0.1) is 28.6 Å². The first-order chi connectivity index (χ1) is 16.5. The van der Waals surface area contributed by atoms with Crippen LogP contribution in [-0.4, -0.2) is 58.6 Å². The third kappa shape index (κ3) is 4.22. The van der Waals surface area contributed by atoms with E-state index in [1.54, 1.807) is 12.2 Å². The van der Waals surface area contributed by atoms with Gasteiger partial charge in [-0.3, -0.25) is 14.4 Å². The Balaban J connectivity index is 1.48. The molecular weight excluding hydrogens is 448 g/mol. The summed E-state index contributed by atoms with van der Waals surface area (Å²) in [5.74, 6) is -1.11. The number of fused-ring (bicyclic) bond motifs is 5. The standard InChI is InChI=1S/C27H40N2O6/c1-25-10-8-17(30)13-16(25)6-7-18-19-9-11-27(34,26(19,2)14-21(31)23(18)25)22(32)15-35-24(33)20(29)5-3-4-12-28/h8,10,13,18-21,23,31,34H,3-7,9,11-12,14-15,28-29H2,1-2H3/t18-,19-,20-,21?,23+,25-,26-,27-/m0/s1. The maximum atomic E-state index is 13.3. The quantitative estimate of drug-likeness (QED) is 0.297. The van der Waals surface area contributed by atoms with Gasteiger partial charge in [-0.2, -0.15) is 0 Å². The number of ether oxygens (including phenoxy) is 1. The second-order valence-corrected chi connectivity index (χ2v) is 11.5. The molecule has 1 unspecified atom stereocenters. The van der Waals surface area contributed by atoms with Crippen molar-refractivity contribution in [3.8, 4) is 0 Å². The summed E-state index contributed by atoms with van der Waals surface area (Å²) in [6.45, 7) is 3.98. The van der Waals surface area contributed by atoms with Gasteiger partial charge in [0.25, 0.3) is 0 Å². The number of aliphatic hydroxyl groups excluding tert-OH is 1. The van der Waals surface area contributed by atoms with E-state index >= 15 is 0 Å². The van der Waals surface area contributed by atoms with Crippen molar-refractivity contribution < 1.29 is 29.3 Å². The average Bonchev–Trinajstić information content (AvgIpc) is 3.08. The lowest BCUT2D eigenvalue weighted by atomic mass is 9.46. The Morgan fingerprint density at radius 2 is 2.00 bits per heavy atom. The zero-order valence-electron chi connectivity index (χ0n) is 20.9. The summed E-state index contributed by atoms with van der Waals surface area (Å²) in [4.78, 5) is 37.5. The summed E-state index contributed by atoms with van der Waals surface area (Å²) >= 11 is 0. The highest BCUT2D eigenvalue weighted by molar-refractivity contribution is 6.01. The van der Waals surface area contributed by atoms with Gasteiger partial charge in [-0.25, -0.2) is 0 Å². The summed E-state index contributed by atoms with van der Waals surface area (Å²) in [6.07, 6.45) is 9.18. The number of hydrogen-bond donors (Lipinski definition) is 4. The summed E-state index contributed by atoms with van der Waals surface area (Å²) in [5.41, 5.74) is 9.50. The molecule has 0 aromatic heterocycles. The summed E-state index contributed by atoms with van der Waals surface area (Å²) < 4.78 is 5.21. The fourth-order valence-electron chi connectivity index (χ4n) is 7.78. The predicted octanol–water partition coefficient (Wildman–Crippen LogP) is 1.56. The Labute approximate surface area is 207 Å². The van der Waals surface area contributed by atoms with Gasteiger partial charge in [0.1, 0.15) is 11.6 Å². The van der Waals surface area contributed by atoms with Gasteiger partial charge in [-0.15, -0.1) is 0 Å². The molecule has 4 aliphatic rings. The molecule has 0 saturated heterocycles. The van der Waals surface area contributed by atoms with Crippen LogP contribution in [0.15, 0.2) is 23.8 Å². The molecule has 8 atom stereocenters. The Bertz CT molecular complexity index is 946. The third-order valence-corrected chi connectivity index (χ3v) is 9.73. The van der Waals surface area contributed by atoms with Crippen molar-refractivity contribution in [2.45, 2.75) is 83.0 Å². The number of Topliss-reactive ketones (excluding diaryl/α,β-unsaturated/α-hetero) is 1. The van der Waals surface area contributed by atoms with E-state index in [0.29, 0.717) is 25.8 Å². The van der Waals surface area contributed by atoms with Crippen LogP contribution in [0.1, 0.15) is 65.2 Å². The van der Waals surface area contributed by atoms with E-state index in [-0.39, 0.29) is 36.4 Å². The third-order valence-electron chi connectivity index (χ3n) is 9.73. The van der Waals surface area contributed by atoms with E-state index in [2.05, 4.69) is 6.92 Å². The van der Waals surface area contributed by atoms with Crippen LogP contribution in [0.2, 0.25) is 0 Å². The molecule has 4 rings (SSSR count). The normalized spacial score (nSPS) is 40.9. The molecule has 3 fully saturated rings. The number of carbonyl (C=O) groups is 3. The lowest BCUT2D eigenvalue weighted by Crippen LogP contribution is -2.61. The molecule has 6 N–H and O–H groups in total. The van der Waals surface area contributed by atoms with Crippen molar-refractivity contribution in [3.63, 3.8) is 0 Å². The van der Waals surface area contributed by atoms with Crippen molar-refractivity contribution in [1.29, 1.82) is 0 Å². The number of esters is 1. The van der Waals surface area contributed by atoms with E-state index < -0.39 is 46.9 Å². The lowest BCUT2D eigenvalue weighted by Gasteiger charge is -2.59. The molecule has 8 heteroatoms. The zero-order chi connectivity index (χ0) is 25.6. The molecule has 0 heterocycles. The molecule has 4 aliphatic carbocycles. The molecule has 0 aromatic carbocycles. The van der Waals surface area contributed by atoms with E-state index in [1.807, 2.05) is 13.0 Å². The van der Waals surface area contributed by atoms with Crippen molar-refractivity contribution in [2.75, 3.05) is 13.2 Å². The molecule has 0 aliphatic heterocycles. The summed E-state index contributed by atoms with van der Waals surface area (Å²) in [7, 11) is 0. The SMILES string of the molecule is C[C@]12C=CC(=O)C=C1CC[C@@H]1[C@@H]2C(O)C[C@@]2(C)[C@H]1CC[C@]2(O)C(=O)COC(=O)[C@@H](N)CCCCN. The van der Waals surface area contributed by atoms with Crippen LogP contribution in [0.25, 0.3) is 0 Å². The van der Waals surface area contributed by atoms with Gasteiger partial charge in [0, 0.05) is 16.7 Å². The van der Waals surface area contributed by atoms with Crippen molar-refractivity contribution in [2.24, 2.45) is 40.1 Å². The number of ketones is 2. The molecule has 0 aromatic rings. The van der Waals surface area contributed by atoms with Gasteiger partial charge in [0.2, 0.25) is 5.78 Å². The zero-order valence-corrected chi connectivity index (χ0v) is 20.9. The number of hydrogen-bond acceptors (Lipinski definition) is 8. The second kappa shape index (κ2) is 9.54. The van der Waals surface area contributed by atoms with E-state index in [0.717, 1.165) is 24.8 Å². The van der Waals surface area contributed by atoms with Crippen molar-refractivity contribution in [3.05, 3.63) is 23.8 Å². The highest BCUT2D eigenvalue weighted by atomic mass is 16.5. The molecule has 3 saturated carbocycles. The first-order valence-corrected chi connectivity index (χ1v) is 13.0. The molecule has 0 radical (unpaired) electrons. The number of unbranched alkanes of at least 4 members (excludes halogenated alkanes) is 1. The highest BCUT2D eigenvalue weighted by Gasteiger charge is 2.68. The van der Waals surface area contributed by atoms with Gasteiger partial charge in [-0.05, 0) is 75.5 Å². The summed E-state index contributed by atoms with van der Waals surface area (Å²) in [5, 5.41) is 23.1. The Kier molecular flexibility index (Phi) is 7.14. The van der Waals surface area contributed by atoms with E-state index in [9.17, 15) is 24.6 Å². The monoisotopic (exact) mass is 488 g/mol. The lowest BCUT2D eigenvalue weighted by molar-refractivity contribution is -0.181. The molecule has 0 spiro atoms. The minimum Gasteiger partial charge on any atom is -0.456 e. The number of carbonyl (C=O) groups excluding carboxylic acids is 3. The topological polar surface area (TPSA) is 153 Å². The fraction of sp³-hybridized carbons (Fsp3) is 0.741. The molecule has 8 nitrogen and oxygen atoms in total. The molecule has 35 heavy (non-hydrogen) atoms. The Hall–Kier alpha value is -1.87. The highest BCUT2D eigenvalue weighted by Crippen LogP contribution is 2.67. The second-order valence-electron chi connectivity index (χ2n) is 11.5. The number of rotatable bonds is 8. The Morgan fingerprint density at radius 1 is 1.26 bits per heavy atom. The molecular formula is C27H40N2O6. The minimum atomic E-state index is -1.68. The number of nitrogens with two attached hydrogens (primary N) is 2. The average molecular weight is 489 g/mol. The largest absolute Gasteiger partial charge is 0.456 e. The van der Waals surface area contributed by atoms with Crippen LogP contribution >= 0.6 is 0 Å². The fourth-order valence-corrected chi connectivity index (χ4v) is 7.78. The summed E-state index contributed by atoms with van der Waals surface area (Å²) in [6, 6.07) is -0.825. The van der Waals surface area contributed by atoms with Crippen LogP contribution in [0.5, 0.6) is 0 Å². The molecule has 0 amide bonds. The number of allylic oxidation sites excluding steroid dienone is 4. The maximum absolute atomic E-state index is 13.3. The van der Waals surface area contributed by atoms with Crippen molar-refractivity contribution >= 4 is 17.5 Å². The first kappa shape index (κ1) is 26.2. The van der Waals surface area contributed by atoms with Gasteiger partial charge in [-0.1, -0.05) is 31.9 Å².